The first kappa shape index (κ1) is 17.0. The van der Waals surface area contributed by atoms with E-state index in [0.29, 0.717) is 9.71 Å². The molecule has 2 aromatic heterocycles. The third-order valence-corrected chi connectivity index (χ3v) is 7.38. The molecule has 3 heterocycles. The molecule has 128 valence electrons. The number of nitrogens with zero attached hydrogens (tertiary/aromatic N) is 3. The lowest BCUT2D eigenvalue weighted by Crippen LogP contribution is -2.36. The Kier molecular flexibility index (Phi) is 5.03. The highest BCUT2D eigenvalue weighted by molar-refractivity contribution is 8.01. The second-order valence-corrected chi connectivity index (χ2v) is 9.45. The highest BCUT2D eigenvalue weighted by Gasteiger charge is 2.21. The zero-order valence-corrected chi connectivity index (χ0v) is 16.5. The Morgan fingerprint density at radius 1 is 1.28 bits per heavy atom. The molecule has 0 atom stereocenters. The number of carbonyl (C=O) groups is 1. The summed E-state index contributed by atoms with van der Waals surface area (Å²) in [5, 5.41) is 6.66. The molecule has 0 fully saturated rings. The summed E-state index contributed by atoms with van der Waals surface area (Å²) in [5.41, 5.74) is 2.24. The van der Waals surface area contributed by atoms with Crippen molar-refractivity contribution in [3.05, 3.63) is 56.2 Å². The molecular weight excluding hydrogens is 390 g/mol. The van der Waals surface area contributed by atoms with Crippen LogP contribution in [0.25, 0.3) is 5.69 Å². The van der Waals surface area contributed by atoms with Gasteiger partial charge in [-0.3, -0.25) is 4.79 Å². The van der Waals surface area contributed by atoms with E-state index in [1.165, 1.54) is 33.5 Å². The number of fused-ring (bicyclic) bond motifs is 1. The predicted molar refractivity (Wildman–Crippen MR) is 106 cm³/mol. The van der Waals surface area contributed by atoms with Gasteiger partial charge in [-0.05, 0) is 47.8 Å². The van der Waals surface area contributed by atoms with Gasteiger partial charge in [0.1, 0.15) is 0 Å². The monoisotopic (exact) mass is 405 g/mol. The molecule has 4 rings (SSSR count). The van der Waals surface area contributed by atoms with Gasteiger partial charge in [0.25, 0.3) is 0 Å². The molecule has 0 aliphatic carbocycles. The Bertz CT molecular complexity index is 944. The van der Waals surface area contributed by atoms with Gasteiger partial charge in [0.05, 0.1) is 11.4 Å². The van der Waals surface area contributed by atoms with E-state index in [4.69, 9.17) is 12.2 Å². The molecule has 0 unspecified atom stereocenters. The van der Waals surface area contributed by atoms with Gasteiger partial charge in [0, 0.05) is 18.0 Å². The van der Waals surface area contributed by atoms with Crippen molar-refractivity contribution < 1.29 is 4.79 Å². The van der Waals surface area contributed by atoms with E-state index < -0.39 is 0 Å². The van der Waals surface area contributed by atoms with Crippen molar-refractivity contribution in [2.75, 3.05) is 12.3 Å². The van der Waals surface area contributed by atoms with E-state index in [0.717, 1.165) is 29.5 Å². The maximum absolute atomic E-state index is 12.5. The minimum atomic E-state index is 0.161. The summed E-state index contributed by atoms with van der Waals surface area (Å²) >= 11 is 10.1. The predicted octanol–water partition coefficient (Wildman–Crippen LogP) is 4.40. The lowest BCUT2D eigenvalue weighted by Gasteiger charge is -2.26. The lowest BCUT2D eigenvalue weighted by atomic mass is 10.1. The van der Waals surface area contributed by atoms with Crippen LogP contribution in [0.4, 0.5) is 0 Å². The van der Waals surface area contributed by atoms with Crippen molar-refractivity contribution in [1.29, 1.82) is 0 Å². The molecule has 1 aromatic carbocycles. The number of hydrogen-bond acceptors (Lipinski definition) is 6. The zero-order valence-electron chi connectivity index (χ0n) is 13.3. The second-order valence-electron chi connectivity index (χ2n) is 5.60. The fraction of sp³-hybridized carbons (Fsp3) is 0.235. The van der Waals surface area contributed by atoms with Crippen LogP contribution in [-0.4, -0.2) is 32.9 Å². The summed E-state index contributed by atoms with van der Waals surface area (Å²) in [6.07, 6.45) is 0.963. The fourth-order valence-corrected chi connectivity index (χ4v) is 5.88. The maximum atomic E-state index is 12.5. The molecule has 25 heavy (non-hydrogen) atoms. The van der Waals surface area contributed by atoms with Crippen LogP contribution >= 0.6 is 46.7 Å². The van der Waals surface area contributed by atoms with Crippen LogP contribution in [0.2, 0.25) is 0 Å². The van der Waals surface area contributed by atoms with Crippen LogP contribution in [0.5, 0.6) is 0 Å². The van der Waals surface area contributed by atoms with E-state index in [2.05, 4.69) is 16.5 Å². The van der Waals surface area contributed by atoms with Crippen molar-refractivity contribution >= 4 is 52.6 Å². The molecule has 1 amide bonds. The number of benzene rings is 1. The third kappa shape index (κ3) is 3.72. The van der Waals surface area contributed by atoms with Gasteiger partial charge in [0.15, 0.2) is 8.29 Å². The summed E-state index contributed by atoms with van der Waals surface area (Å²) in [6, 6.07) is 12.0. The van der Waals surface area contributed by atoms with Crippen molar-refractivity contribution in [1.82, 2.24) is 14.7 Å². The summed E-state index contributed by atoms with van der Waals surface area (Å²) in [7, 11) is 0. The smallest absolute Gasteiger partial charge is 0.233 e. The van der Waals surface area contributed by atoms with Crippen LogP contribution in [0, 0.1) is 3.95 Å². The van der Waals surface area contributed by atoms with Gasteiger partial charge in [0.2, 0.25) is 5.91 Å². The van der Waals surface area contributed by atoms with E-state index in [1.54, 1.807) is 16.0 Å². The number of aromatic nitrogens is 2. The average Bonchev–Trinajstić information content (AvgIpc) is 3.26. The molecule has 1 aliphatic rings. The van der Waals surface area contributed by atoms with Gasteiger partial charge >= 0.3 is 0 Å². The lowest BCUT2D eigenvalue weighted by molar-refractivity contribution is -0.129. The number of carbonyl (C=O) groups excluding carboxylic acids is 1. The first-order valence-electron chi connectivity index (χ1n) is 7.82. The molecule has 3 aromatic rings. The second kappa shape index (κ2) is 7.41. The standard InChI is InChI=1S/C17H15N3OS4/c21-15(19-8-6-14-12(10-19)7-9-23-14)11-24-16-18-20(17(22)25-16)13-4-2-1-3-5-13/h1-5,7,9H,6,8,10-11H2. The number of para-hydroxylation sites is 1. The maximum Gasteiger partial charge on any atom is 0.233 e. The summed E-state index contributed by atoms with van der Waals surface area (Å²) in [6.45, 7) is 1.54. The molecule has 0 saturated carbocycles. The zero-order chi connectivity index (χ0) is 17.2. The normalized spacial score (nSPS) is 13.7. The number of hydrogen-bond donors (Lipinski definition) is 0. The number of thiophene rings is 1. The van der Waals surface area contributed by atoms with E-state index in [9.17, 15) is 4.79 Å². The summed E-state index contributed by atoms with van der Waals surface area (Å²) < 4.78 is 3.28. The molecule has 1 aliphatic heterocycles. The fourth-order valence-electron chi connectivity index (χ4n) is 2.73. The van der Waals surface area contributed by atoms with Crippen LogP contribution in [-0.2, 0) is 17.8 Å². The molecule has 4 nitrogen and oxygen atoms in total. The van der Waals surface area contributed by atoms with E-state index >= 15 is 0 Å². The van der Waals surface area contributed by atoms with Crippen LogP contribution in [0.3, 0.4) is 0 Å². The first-order valence-corrected chi connectivity index (χ1v) is 10.9. The number of amides is 1. The Hall–Kier alpha value is -1.48. The van der Waals surface area contributed by atoms with Crippen LogP contribution in [0.1, 0.15) is 10.4 Å². The van der Waals surface area contributed by atoms with Crippen molar-refractivity contribution in [2.45, 2.75) is 17.3 Å². The first-order chi connectivity index (χ1) is 12.2. The van der Waals surface area contributed by atoms with Crippen LogP contribution in [0.15, 0.2) is 46.1 Å². The third-order valence-electron chi connectivity index (χ3n) is 4.01. The molecule has 0 radical (unpaired) electrons. The van der Waals surface area contributed by atoms with Crippen molar-refractivity contribution in [2.24, 2.45) is 0 Å². The summed E-state index contributed by atoms with van der Waals surface area (Å²) in [4.78, 5) is 15.9. The highest BCUT2D eigenvalue weighted by Crippen LogP contribution is 2.27. The SMILES string of the molecule is O=C(CSc1nn(-c2ccccc2)c(=S)s1)N1CCc2sccc2C1. The minimum Gasteiger partial charge on any atom is -0.337 e. The van der Waals surface area contributed by atoms with Crippen molar-refractivity contribution in [3.8, 4) is 5.69 Å². The van der Waals surface area contributed by atoms with Gasteiger partial charge in [-0.25, -0.2) is 4.68 Å². The Morgan fingerprint density at radius 3 is 2.96 bits per heavy atom. The molecule has 0 saturated heterocycles. The quantitative estimate of drug-likeness (QED) is 0.476. The topological polar surface area (TPSA) is 38.1 Å². The Labute approximate surface area is 163 Å². The highest BCUT2D eigenvalue weighted by atomic mass is 32.2. The molecule has 0 spiro atoms. The van der Waals surface area contributed by atoms with E-state index in [-0.39, 0.29) is 5.91 Å². The van der Waals surface area contributed by atoms with Gasteiger partial charge in [-0.15, -0.1) is 16.4 Å². The summed E-state index contributed by atoms with van der Waals surface area (Å²) in [5.74, 6) is 0.561. The Balaban J connectivity index is 1.41. The molecule has 0 N–H and O–H groups in total. The average molecular weight is 406 g/mol. The number of rotatable bonds is 4. The largest absolute Gasteiger partial charge is 0.337 e. The molecule has 8 heteroatoms. The molecule has 0 bridgehead atoms. The Morgan fingerprint density at radius 2 is 2.12 bits per heavy atom. The molecular formula is C17H15N3OS4. The van der Waals surface area contributed by atoms with Crippen molar-refractivity contribution in [3.63, 3.8) is 0 Å². The van der Waals surface area contributed by atoms with Gasteiger partial charge < -0.3 is 4.90 Å². The van der Waals surface area contributed by atoms with E-state index in [1.807, 2.05) is 35.2 Å². The van der Waals surface area contributed by atoms with Gasteiger partial charge in [-0.2, -0.15) is 0 Å². The number of thioether (sulfide) groups is 1. The van der Waals surface area contributed by atoms with Gasteiger partial charge in [-0.1, -0.05) is 41.3 Å². The minimum absolute atomic E-state index is 0.161. The van der Waals surface area contributed by atoms with Crippen LogP contribution < -0.4 is 0 Å².